The zero-order valence-corrected chi connectivity index (χ0v) is 16.0. The van der Waals surface area contributed by atoms with Crippen molar-refractivity contribution in [1.82, 2.24) is 5.32 Å². The van der Waals surface area contributed by atoms with E-state index >= 15 is 0 Å². The van der Waals surface area contributed by atoms with Gasteiger partial charge in [0.05, 0.1) is 0 Å². The molecule has 1 amide bonds. The molecule has 2 aliphatic rings. The fraction of sp³-hybridized carbons (Fsp3) is 0.600. The number of aryl methyl sites for hydroxylation is 1. The quantitative estimate of drug-likeness (QED) is 0.779. The van der Waals surface area contributed by atoms with Gasteiger partial charge in [-0.15, -0.1) is 0 Å². The van der Waals surface area contributed by atoms with Crippen LogP contribution in [0.25, 0.3) is 0 Å². The summed E-state index contributed by atoms with van der Waals surface area (Å²) in [5, 5.41) is 7.50. The Hall–Kier alpha value is -1.62. The zero-order valence-electron chi connectivity index (χ0n) is 15.1. The normalized spacial score (nSPS) is 19.4. The van der Waals surface area contributed by atoms with E-state index in [-0.39, 0.29) is 5.91 Å². The van der Waals surface area contributed by atoms with Gasteiger partial charge in [-0.05, 0) is 62.2 Å². The highest BCUT2D eigenvalue weighted by atomic mass is 32.1. The molecule has 1 heterocycles. The van der Waals surface area contributed by atoms with Crippen LogP contribution >= 0.6 is 12.2 Å². The second kappa shape index (κ2) is 8.65. The molecule has 136 valence electrons. The molecule has 1 saturated carbocycles. The molecular formula is C20H29N3OS. The standard InChI is InChI=1S/C20H29N3OS/c1-15-14-17(11-12-18(15)23-13-7-10-19(23)24)22-20(25)21-16-8-5-3-2-4-6-9-16/h11-12,14,16H,2-10,13H2,1H3,(H2,21,22,25). The summed E-state index contributed by atoms with van der Waals surface area (Å²) in [5.41, 5.74) is 3.11. The molecule has 0 atom stereocenters. The Kier molecular flexibility index (Phi) is 6.29. The van der Waals surface area contributed by atoms with Crippen molar-refractivity contribution in [2.24, 2.45) is 0 Å². The molecule has 1 aliphatic carbocycles. The average Bonchev–Trinajstić information content (AvgIpc) is 2.96. The minimum Gasteiger partial charge on any atom is -0.360 e. The molecule has 2 fully saturated rings. The maximum atomic E-state index is 11.9. The lowest BCUT2D eigenvalue weighted by molar-refractivity contribution is -0.117. The number of hydrogen-bond donors (Lipinski definition) is 2. The molecule has 1 aromatic rings. The van der Waals surface area contributed by atoms with Gasteiger partial charge in [0.1, 0.15) is 0 Å². The number of hydrogen-bond acceptors (Lipinski definition) is 2. The third-order valence-corrected chi connectivity index (χ3v) is 5.48. The average molecular weight is 360 g/mol. The van der Waals surface area contributed by atoms with Crippen LogP contribution in [0.4, 0.5) is 11.4 Å². The molecule has 4 nitrogen and oxygen atoms in total. The van der Waals surface area contributed by atoms with Crippen LogP contribution in [-0.2, 0) is 4.79 Å². The second-order valence-corrected chi connectivity index (χ2v) is 7.70. The van der Waals surface area contributed by atoms with E-state index < -0.39 is 0 Å². The van der Waals surface area contributed by atoms with Crippen molar-refractivity contribution in [3.05, 3.63) is 23.8 Å². The van der Waals surface area contributed by atoms with Crippen LogP contribution < -0.4 is 15.5 Å². The molecule has 3 rings (SSSR count). The van der Waals surface area contributed by atoms with Crippen molar-refractivity contribution in [3.63, 3.8) is 0 Å². The largest absolute Gasteiger partial charge is 0.360 e. The van der Waals surface area contributed by atoms with Gasteiger partial charge in [0.15, 0.2) is 5.11 Å². The first-order chi connectivity index (χ1) is 12.1. The molecule has 2 N–H and O–H groups in total. The van der Waals surface area contributed by atoms with Gasteiger partial charge >= 0.3 is 0 Å². The number of nitrogens with one attached hydrogen (secondary N) is 2. The van der Waals surface area contributed by atoms with E-state index in [4.69, 9.17) is 12.2 Å². The predicted molar refractivity (Wildman–Crippen MR) is 108 cm³/mol. The van der Waals surface area contributed by atoms with Gasteiger partial charge in [-0.3, -0.25) is 4.79 Å². The van der Waals surface area contributed by atoms with E-state index in [0.717, 1.165) is 29.9 Å². The van der Waals surface area contributed by atoms with Crippen LogP contribution in [0.1, 0.15) is 63.4 Å². The molecule has 1 aromatic carbocycles. The molecule has 1 aliphatic heterocycles. The summed E-state index contributed by atoms with van der Waals surface area (Å²) in [6.45, 7) is 2.88. The summed E-state index contributed by atoms with van der Waals surface area (Å²) in [4.78, 5) is 13.8. The summed E-state index contributed by atoms with van der Waals surface area (Å²) in [6, 6.07) is 6.61. The number of carbonyl (C=O) groups excluding carboxylic acids is 1. The van der Waals surface area contributed by atoms with Crippen LogP contribution in [-0.4, -0.2) is 23.6 Å². The van der Waals surface area contributed by atoms with Crippen LogP contribution in [0.3, 0.4) is 0 Å². The van der Waals surface area contributed by atoms with Crippen molar-refractivity contribution in [2.75, 3.05) is 16.8 Å². The molecule has 0 unspecified atom stereocenters. The third kappa shape index (κ3) is 4.94. The Morgan fingerprint density at radius 3 is 2.48 bits per heavy atom. The van der Waals surface area contributed by atoms with Gasteiger partial charge in [-0.25, -0.2) is 0 Å². The van der Waals surface area contributed by atoms with E-state index in [1.165, 1.54) is 44.9 Å². The van der Waals surface area contributed by atoms with Crippen molar-refractivity contribution in [2.45, 2.75) is 70.8 Å². The number of rotatable bonds is 3. The highest BCUT2D eigenvalue weighted by molar-refractivity contribution is 7.80. The van der Waals surface area contributed by atoms with E-state index in [1.807, 2.05) is 17.0 Å². The molecule has 0 aromatic heterocycles. The molecule has 25 heavy (non-hydrogen) atoms. The number of anilines is 2. The van der Waals surface area contributed by atoms with Gasteiger partial charge in [-0.1, -0.05) is 32.1 Å². The summed E-state index contributed by atoms with van der Waals surface area (Å²) >= 11 is 5.51. The molecule has 0 bridgehead atoms. The van der Waals surface area contributed by atoms with E-state index in [2.05, 4.69) is 23.6 Å². The SMILES string of the molecule is Cc1cc(NC(=S)NC2CCCCCCC2)ccc1N1CCCC1=O. The van der Waals surface area contributed by atoms with Gasteiger partial charge in [0, 0.05) is 30.4 Å². The summed E-state index contributed by atoms with van der Waals surface area (Å²) < 4.78 is 0. The van der Waals surface area contributed by atoms with E-state index in [1.54, 1.807) is 0 Å². The topological polar surface area (TPSA) is 44.4 Å². The fourth-order valence-electron chi connectivity index (χ4n) is 3.89. The van der Waals surface area contributed by atoms with Crippen LogP contribution in [0, 0.1) is 6.92 Å². The van der Waals surface area contributed by atoms with Crippen LogP contribution in [0.2, 0.25) is 0 Å². The molecule has 0 spiro atoms. The number of benzene rings is 1. The first-order valence-corrected chi connectivity index (χ1v) is 10.0. The lowest BCUT2D eigenvalue weighted by atomic mass is 9.97. The van der Waals surface area contributed by atoms with Gasteiger partial charge in [0.25, 0.3) is 0 Å². The smallest absolute Gasteiger partial charge is 0.227 e. The van der Waals surface area contributed by atoms with Crippen molar-refractivity contribution >= 4 is 34.6 Å². The molecular weight excluding hydrogens is 330 g/mol. The molecule has 1 saturated heterocycles. The first-order valence-electron chi connectivity index (χ1n) is 9.62. The Balaban J connectivity index is 1.57. The number of nitrogens with zero attached hydrogens (tertiary/aromatic N) is 1. The van der Waals surface area contributed by atoms with Gasteiger partial charge in [-0.2, -0.15) is 0 Å². The van der Waals surface area contributed by atoms with E-state index in [0.29, 0.717) is 17.6 Å². The third-order valence-electron chi connectivity index (χ3n) is 5.26. The number of amides is 1. The maximum Gasteiger partial charge on any atom is 0.227 e. The lowest BCUT2D eigenvalue weighted by Gasteiger charge is -2.23. The van der Waals surface area contributed by atoms with Gasteiger partial charge < -0.3 is 15.5 Å². The number of thiocarbonyl (C=S) groups is 1. The minimum atomic E-state index is 0.227. The van der Waals surface area contributed by atoms with Crippen molar-refractivity contribution in [1.29, 1.82) is 0 Å². The minimum absolute atomic E-state index is 0.227. The molecule has 0 radical (unpaired) electrons. The van der Waals surface area contributed by atoms with Crippen LogP contribution in [0.5, 0.6) is 0 Å². The zero-order chi connectivity index (χ0) is 17.6. The number of carbonyl (C=O) groups is 1. The molecule has 5 heteroatoms. The Morgan fingerprint density at radius 1 is 1.12 bits per heavy atom. The fourth-order valence-corrected chi connectivity index (χ4v) is 4.18. The Labute approximate surface area is 156 Å². The van der Waals surface area contributed by atoms with Gasteiger partial charge in [0.2, 0.25) is 5.91 Å². The first kappa shape index (κ1) is 18.2. The summed E-state index contributed by atoms with van der Waals surface area (Å²) in [6.07, 6.45) is 10.7. The predicted octanol–water partition coefficient (Wildman–Crippen LogP) is 4.52. The summed E-state index contributed by atoms with van der Waals surface area (Å²) in [5.74, 6) is 0.227. The van der Waals surface area contributed by atoms with Crippen LogP contribution in [0.15, 0.2) is 18.2 Å². The lowest BCUT2D eigenvalue weighted by Crippen LogP contribution is -2.38. The highest BCUT2D eigenvalue weighted by Crippen LogP contribution is 2.27. The Bertz CT molecular complexity index is 623. The highest BCUT2D eigenvalue weighted by Gasteiger charge is 2.23. The monoisotopic (exact) mass is 359 g/mol. The van der Waals surface area contributed by atoms with Crippen molar-refractivity contribution in [3.8, 4) is 0 Å². The summed E-state index contributed by atoms with van der Waals surface area (Å²) in [7, 11) is 0. The van der Waals surface area contributed by atoms with Crippen molar-refractivity contribution < 1.29 is 4.79 Å². The second-order valence-electron chi connectivity index (χ2n) is 7.29. The maximum absolute atomic E-state index is 11.9. The Morgan fingerprint density at radius 2 is 1.84 bits per heavy atom. The van der Waals surface area contributed by atoms with E-state index in [9.17, 15) is 4.79 Å².